The summed E-state index contributed by atoms with van der Waals surface area (Å²) in [5.41, 5.74) is 2.17. The molecular weight excluding hydrogens is 212 g/mol. The molecule has 2 nitrogen and oxygen atoms in total. The molecule has 0 fully saturated rings. The summed E-state index contributed by atoms with van der Waals surface area (Å²) in [4.78, 5) is 12.0. The Kier molecular flexibility index (Phi) is 3.03. The van der Waals surface area contributed by atoms with Crippen LogP contribution in [0.25, 0.3) is 0 Å². The van der Waals surface area contributed by atoms with E-state index in [1.165, 1.54) is 5.57 Å². The first-order chi connectivity index (χ1) is 7.83. The maximum absolute atomic E-state index is 12.0. The molecule has 0 amide bonds. The summed E-state index contributed by atoms with van der Waals surface area (Å²) in [5.74, 6) is 0.901. The summed E-state index contributed by atoms with van der Waals surface area (Å²) in [5, 5.41) is 10.4. The van der Waals surface area contributed by atoms with Gasteiger partial charge >= 0.3 is 0 Å². The lowest BCUT2D eigenvalue weighted by Crippen LogP contribution is -2.23. The third-order valence-corrected chi connectivity index (χ3v) is 4.11. The zero-order chi connectivity index (χ0) is 12.8. The molecule has 2 heteroatoms. The molecule has 0 aliphatic heterocycles. The van der Waals surface area contributed by atoms with E-state index < -0.39 is 5.60 Å². The Morgan fingerprint density at radius 1 is 1.47 bits per heavy atom. The van der Waals surface area contributed by atoms with E-state index in [-0.39, 0.29) is 18.1 Å². The molecule has 0 heterocycles. The Hall–Kier alpha value is -0.890. The van der Waals surface area contributed by atoms with Crippen molar-refractivity contribution < 1.29 is 9.90 Å². The van der Waals surface area contributed by atoms with E-state index in [2.05, 4.69) is 26.8 Å². The number of rotatable bonds is 1. The summed E-state index contributed by atoms with van der Waals surface area (Å²) in [7, 11) is 0. The fraction of sp³-hybridized carbons (Fsp3) is 0.667. The fourth-order valence-electron chi connectivity index (χ4n) is 2.96. The van der Waals surface area contributed by atoms with Crippen molar-refractivity contribution in [1.29, 1.82) is 0 Å². The first-order valence-corrected chi connectivity index (χ1v) is 6.53. The Morgan fingerprint density at radius 2 is 2.12 bits per heavy atom. The topological polar surface area (TPSA) is 37.3 Å². The van der Waals surface area contributed by atoms with Crippen molar-refractivity contribution in [2.75, 3.05) is 0 Å². The van der Waals surface area contributed by atoms with Gasteiger partial charge in [0.2, 0.25) is 0 Å². The van der Waals surface area contributed by atoms with Crippen LogP contribution in [0.1, 0.15) is 47.0 Å². The number of hydrogen-bond donors (Lipinski definition) is 1. The van der Waals surface area contributed by atoms with Crippen LogP contribution >= 0.6 is 0 Å². The quantitative estimate of drug-likeness (QED) is 0.757. The predicted octanol–water partition coefficient (Wildman–Crippen LogP) is 3.02. The molecule has 0 spiro atoms. The van der Waals surface area contributed by atoms with Crippen molar-refractivity contribution in [1.82, 2.24) is 0 Å². The van der Waals surface area contributed by atoms with Crippen LogP contribution in [0.15, 0.2) is 22.8 Å². The molecule has 0 saturated carbocycles. The molecule has 0 bridgehead atoms. The Morgan fingerprint density at radius 3 is 2.71 bits per heavy atom. The van der Waals surface area contributed by atoms with Crippen molar-refractivity contribution in [2.45, 2.75) is 52.6 Å². The summed E-state index contributed by atoms with van der Waals surface area (Å²) >= 11 is 0. The second-order valence-corrected chi connectivity index (χ2v) is 6.01. The van der Waals surface area contributed by atoms with E-state index in [1.807, 2.05) is 0 Å². The van der Waals surface area contributed by atoms with Crippen LogP contribution in [0.4, 0.5) is 0 Å². The van der Waals surface area contributed by atoms with Crippen LogP contribution in [0, 0.1) is 11.8 Å². The number of carbonyl (C=O) groups is 1. The van der Waals surface area contributed by atoms with Crippen molar-refractivity contribution in [3.8, 4) is 0 Å². The second kappa shape index (κ2) is 4.09. The van der Waals surface area contributed by atoms with Gasteiger partial charge in [-0.05, 0) is 37.2 Å². The summed E-state index contributed by atoms with van der Waals surface area (Å²) in [6.07, 6.45) is 4.40. The normalized spacial score (nSPS) is 33.9. The van der Waals surface area contributed by atoms with Gasteiger partial charge in [-0.1, -0.05) is 32.4 Å². The minimum absolute atomic E-state index is 0.138. The van der Waals surface area contributed by atoms with E-state index in [9.17, 15) is 9.90 Å². The molecule has 0 aromatic carbocycles. The van der Waals surface area contributed by atoms with Crippen LogP contribution in [0.3, 0.4) is 0 Å². The average Bonchev–Trinajstić information content (AvgIpc) is 2.34. The van der Waals surface area contributed by atoms with Crippen LogP contribution in [0.5, 0.6) is 0 Å². The first-order valence-electron chi connectivity index (χ1n) is 6.53. The molecule has 2 rings (SSSR count). The highest BCUT2D eigenvalue weighted by Crippen LogP contribution is 2.42. The fourth-order valence-corrected chi connectivity index (χ4v) is 2.96. The van der Waals surface area contributed by atoms with Gasteiger partial charge in [-0.25, -0.2) is 0 Å². The Balaban J connectivity index is 2.52. The van der Waals surface area contributed by atoms with E-state index in [4.69, 9.17) is 0 Å². The summed E-state index contributed by atoms with van der Waals surface area (Å²) in [6, 6.07) is 0. The van der Waals surface area contributed by atoms with Gasteiger partial charge in [0.25, 0.3) is 0 Å². The molecule has 2 aliphatic carbocycles. The zero-order valence-electron chi connectivity index (χ0n) is 11.2. The zero-order valence-corrected chi connectivity index (χ0v) is 11.2. The van der Waals surface area contributed by atoms with Gasteiger partial charge in [-0.2, -0.15) is 0 Å². The number of aliphatic hydroxyl groups is 1. The summed E-state index contributed by atoms with van der Waals surface area (Å²) < 4.78 is 0. The standard InChI is InChI=1S/C15H22O2/c1-9(2)11-6-5-10(3)14-12(7-11)15(4,17)8-13(14)16/h7,9-10,17H,5-6,8H2,1-4H3/t10-,15-/m1/s1. The summed E-state index contributed by atoms with van der Waals surface area (Å²) in [6.45, 7) is 8.21. The maximum Gasteiger partial charge on any atom is 0.162 e. The molecule has 17 heavy (non-hydrogen) atoms. The molecular formula is C15H22O2. The number of carbonyl (C=O) groups excluding carboxylic acids is 1. The van der Waals surface area contributed by atoms with Gasteiger partial charge in [0, 0.05) is 12.0 Å². The minimum Gasteiger partial charge on any atom is -0.385 e. The van der Waals surface area contributed by atoms with Crippen LogP contribution in [-0.4, -0.2) is 16.5 Å². The highest BCUT2D eigenvalue weighted by atomic mass is 16.3. The number of Topliss-reactive ketones (excluding diaryl/α,β-unsaturated/α-hetero) is 1. The Labute approximate surface area is 103 Å². The number of allylic oxidation sites excluding steroid dienone is 2. The third kappa shape index (κ3) is 2.11. The highest BCUT2D eigenvalue weighted by molar-refractivity contribution is 6.01. The molecule has 2 atom stereocenters. The largest absolute Gasteiger partial charge is 0.385 e. The van der Waals surface area contributed by atoms with Gasteiger partial charge in [-0.15, -0.1) is 0 Å². The van der Waals surface area contributed by atoms with E-state index in [0.29, 0.717) is 5.92 Å². The lowest BCUT2D eigenvalue weighted by atomic mass is 9.92. The Bertz CT molecular complexity index is 411. The third-order valence-electron chi connectivity index (χ3n) is 4.11. The molecule has 0 saturated heterocycles. The lowest BCUT2D eigenvalue weighted by molar-refractivity contribution is -0.117. The molecule has 94 valence electrons. The van der Waals surface area contributed by atoms with Crippen molar-refractivity contribution in [2.24, 2.45) is 11.8 Å². The van der Waals surface area contributed by atoms with Crippen LogP contribution < -0.4 is 0 Å². The van der Waals surface area contributed by atoms with Gasteiger partial charge in [-0.3, -0.25) is 4.79 Å². The van der Waals surface area contributed by atoms with Gasteiger partial charge in [0.05, 0.1) is 5.60 Å². The minimum atomic E-state index is -0.953. The molecule has 0 unspecified atom stereocenters. The molecule has 0 aromatic heterocycles. The smallest absolute Gasteiger partial charge is 0.162 e. The average molecular weight is 234 g/mol. The van der Waals surface area contributed by atoms with Crippen LogP contribution in [-0.2, 0) is 4.79 Å². The predicted molar refractivity (Wildman–Crippen MR) is 68.6 cm³/mol. The number of ketones is 1. The van der Waals surface area contributed by atoms with Gasteiger partial charge in [0.1, 0.15) is 0 Å². The second-order valence-electron chi connectivity index (χ2n) is 6.01. The molecule has 0 radical (unpaired) electrons. The molecule has 1 N–H and O–H groups in total. The highest BCUT2D eigenvalue weighted by Gasteiger charge is 2.41. The van der Waals surface area contributed by atoms with Gasteiger partial charge < -0.3 is 5.11 Å². The van der Waals surface area contributed by atoms with E-state index in [0.717, 1.165) is 24.0 Å². The van der Waals surface area contributed by atoms with Gasteiger partial charge in [0.15, 0.2) is 5.78 Å². The first kappa shape index (κ1) is 12.6. The number of hydrogen-bond acceptors (Lipinski definition) is 2. The van der Waals surface area contributed by atoms with Crippen molar-refractivity contribution >= 4 is 5.78 Å². The van der Waals surface area contributed by atoms with E-state index in [1.54, 1.807) is 6.92 Å². The van der Waals surface area contributed by atoms with Crippen molar-refractivity contribution in [3.63, 3.8) is 0 Å². The lowest BCUT2D eigenvalue weighted by Gasteiger charge is -2.19. The maximum atomic E-state index is 12.0. The van der Waals surface area contributed by atoms with Crippen LogP contribution in [0.2, 0.25) is 0 Å². The van der Waals surface area contributed by atoms with E-state index >= 15 is 0 Å². The molecule has 2 aliphatic rings. The van der Waals surface area contributed by atoms with Crippen molar-refractivity contribution in [3.05, 3.63) is 22.8 Å². The SMILES string of the molecule is CC(C)C1=CC2=C(C(=O)C[C@@]2(C)O)[C@H](C)CC1. The monoisotopic (exact) mass is 234 g/mol. The molecule has 0 aromatic rings.